The number of piperidine rings is 1. The third-order valence-corrected chi connectivity index (χ3v) is 4.35. The highest BCUT2D eigenvalue weighted by Crippen LogP contribution is 2.34. The standard InChI is InChI=1S/C16H21ClF3N3O/c1-2-3-6-21-15(24)11-5-4-7-23(10-11)14-13(17)8-12(9-22-14)16(18,19)20/h8-9,11H,2-7,10H2,1H3,(H,21,24). The van der Waals surface area contributed by atoms with E-state index in [0.717, 1.165) is 37.9 Å². The van der Waals surface area contributed by atoms with Gasteiger partial charge in [-0.15, -0.1) is 0 Å². The van der Waals surface area contributed by atoms with Crippen molar-refractivity contribution in [2.24, 2.45) is 5.92 Å². The van der Waals surface area contributed by atoms with E-state index < -0.39 is 11.7 Å². The van der Waals surface area contributed by atoms with Crippen molar-refractivity contribution >= 4 is 23.3 Å². The van der Waals surface area contributed by atoms with Crippen LogP contribution in [0.5, 0.6) is 0 Å². The lowest BCUT2D eigenvalue weighted by atomic mass is 9.97. The molecule has 0 saturated carbocycles. The number of nitrogens with one attached hydrogen (secondary N) is 1. The van der Waals surface area contributed by atoms with Crippen molar-refractivity contribution in [1.82, 2.24) is 10.3 Å². The Labute approximate surface area is 144 Å². The fourth-order valence-electron chi connectivity index (χ4n) is 2.73. The Bertz CT molecular complexity index is 580. The Kier molecular flexibility index (Phi) is 6.32. The zero-order valence-corrected chi connectivity index (χ0v) is 14.3. The highest BCUT2D eigenvalue weighted by Gasteiger charge is 2.33. The molecule has 1 aromatic rings. The summed E-state index contributed by atoms with van der Waals surface area (Å²) in [5.41, 5.74) is -0.873. The van der Waals surface area contributed by atoms with Crippen molar-refractivity contribution in [2.75, 3.05) is 24.5 Å². The van der Waals surface area contributed by atoms with Crippen molar-refractivity contribution in [3.63, 3.8) is 0 Å². The maximum absolute atomic E-state index is 12.7. The van der Waals surface area contributed by atoms with Crippen molar-refractivity contribution in [3.8, 4) is 0 Å². The molecule has 1 fully saturated rings. The first kappa shape index (κ1) is 18.8. The van der Waals surface area contributed by atoms with Crippen LogP contribution in [0.3, 0.4) is 0 Å². The summed E-state index contributed by atoms with van der Waals surface area (Å²) in [6.07, 6.45) is -0.237. The SMILES string of the molecule is CCCCNC(=O)C1CCCN(c2ncc(C(F)(F)F)cc2Cl)C1. The van der Waals surface area contributed by atoms with Gasteiger partial charge in [0.25, 0.3) is 0 Å². The van der Waals surface area contributed by atoms with E-state index in [2.05, 4.69) is 10.3 Å². The predicted octanol–water partition coefficient (Wildman–Crippen LogP) is 3.89. The minimum Gasteiger partial charge on any atom is -0.356 e. The van der Waals surface area contributed by atoms with Crippen molar-refractivity contribution in [3.05, 3.63) is 22.8 Å². The average molecular weight is 364 g/mol. The van der Waals surface area contributed by atoms with Crippen LogP contribution in [0, 0.1) is 5.92 Å². The molecule has 0 spiro atoms. The number of anilines is 1. The van der Waals surface area contributed by atoms with Gasteiger partial charge in [0, 0.05) is 25.8 Å². The molecule has 0 aliphatic carbocycles. The van der Waals surface area contributed by atoms with Gasteiger partial charge in [-0.2, -0.15) is 13.2 Å². The number of carbonyl (C=O) groups is 1. The molecule has 1 amide bonds. The molecule has 1 saturated heterocycles. The quantitative estimate of drug-likeness (QED) is 0.807. The van der Waals surface area contributed by atoms with Gasteiger partial charge in [-0.25, -0.2) is 4.98 Å². The second-order valence-corrected chi connectivity index (χ2v) is 6.36. The summed E-state index contributed by atoms with van der Waals surface area (Å²) >= 11 is 5.99. The molecule has 1 aromatic heterocycles. The number of aromatic nitrogens is 1. The van der Waals surface area contributed by atoms with Gasteiger partial charge in [0.1, 0.15) is 5.82 Å². The number of unbranched alkanes of at least 4 members (excludes halogenated alkanes) is 1. The Morgan fingerprint density at radius 2 is 2.25 bits per heavy atom. The minimum absolute atomic E-state index is 0.0174. The average Bonchev–Trinajstić information content (AvgIpc) is 2.54. The summed E-state index contributed by atoms with van der Waals surface area (Å²) in [6, 6.07) is 0.884. The molecule has 0 aromatic carbocycles. The van der Waals surface area contributed by atoms with Gasteiger partial charge in [0.05, 0.1) is 16.5 Å². The van der Waals surface area contributed by atoms with Crippen LogP contribution >= 0.6 is 11.6 Å². The maximum atomic E-state index is 12.7. The van der Waals surface area contributed by atoms with Crippen molar-refractivity contribution in [1.29, 1.82) is 0 Å². The van der Waals surface area contributed by atoms with Crippen LogP contribution < -0.4 is 10.2 Å². The number of hydrogen-bond acceptors (Lipinski definition) is 3. The number of nitrogens with zero attached hydrogens (tertiary/aromatic N) is 2. The van der Waals surface area contributed by atoms with Crippen molar-refractivity contribution in [2.45, 2.75) is 38.8 Å². The minimum atomic E-state index is -4.47. The molecule has 1 aliphatic heterocycles. The summed E-state index contributed by atoms with van der Waals surface area (Å²) in [6.45, 7) is 3.73. The summed E-state index contributed by atoms with van der Waals surface area (Å²) in [4.78, 5) is 17.8. The van der Waals surface area contributed by atoms with Gasteiger partial charge >= 0.3 is 6.18 Å². The monoisotopic (exact) mass is 363 g/mol. The van der Waals surface area contributed by atoms with Gasteiger partial charge in [0.15, 0.2) is 0 Å². The van der Waals surface area contributed by atoms with E-state index in [-0.39, 0.29) is 16.8 Å². The molecule has 2 heterocycles. The first-order valence-corrected chi connectivity index (χ1v) is 8.46. The highest BCUT2D eigenvalue weighted by molar-refractivity contribution is 6.33. The highest BCUT2D eigenvalue weighted by atomic mass is 35.5. The van der Waals surface area contributed by atoms with Crippen LogP contribution in [0.4, 0.5) is 19.0 Å². The van der Waals surface area contributed by atoms with E-state index in [4.69, 9.17) is 11.6 Å². The number of carbonyl (C=O) groups excluding carboxylic acids is 1. The second kappa shape index (κ2) is 8.05. The zero-order chi connectivity index (χ0) is 17.7. The summed E-state index contributed by atoms with van der Waals surface area (Å²) in [7, 11) is 0. The topological polar surface area (TPSA) is 45.2 Å². The van der Waals surface area contributed by atoms with E-state index in [9.17, 15) is 18.0 Å². The van der Waals surface area contributed by atoms with Crippen LogP contribution in [-0.4, -0.2) is 30.5 Å². The Morgan fingerprint density at radius 1 is 1.50 bits per heavy atom. The van der Waals surface area contributed by atoms with Crippen molar-refractivity contribution < 1.29 is 18.0 Å². The normalized spacial score (nSPS) is 18.5. The molecule has 1 aliphatic rings. The number of pyridine rings is 1. The predicted molar refractivity (Wildman–Crippen MR) is 87.1 cm³/mol. The van der Waals surface area contributed by atoms with Crippen LogP contribution in [0.1, 0.15) is 38.2 Å². The molecule has 0 radical (unpaired) electrons. The number of rotatable bonds is 5. The lowest BCUT2D eigenvalue weighted by molar-refractivity contribution is -0.137. The summed E-state index contributed by atoms with van der Waals surface area (Å²) in [5, 5.41) is 2.86. The fourth-order valence-corrected chi connectivity index (χ4v) is 3.02. The number of alkyl halides is 3. The third-order valence-electron chi connectivity index (χ3n) is 4.07. The molecule has 8 heteroatoms. The van der Waals surface area contributed by atoms with Gasteiger partial charge in [0.2, 0.25) is 5.91 Å². The van der Waals surface area contributed by atoms with E-state index in [1.54, 1.807) is 4.90 Å². The smallest absolute Gasteiger partial charge is 0.356 e. The Morgan fingerprint density at radius 3 is 2.88 bits per heavy atom. The second-order valence-electron chi connectivity index (χ2n) is 5.96. The number of hydrogen-bond donors (Lipinski definition) is 1. The van der Waals surface area contributed by atoms with Crippen LogP contribution in [0.25, 0.3) is 0 Å². The molecule has 2 rings (SSSR count). The van der Waals surface area contributed by atoms with Crippen LogP contribution in [0.2, 0.25) is 5.02 Å². The largest absolute Gasteiger partial charge is 0.417 e. The van der Waals surface area contributed by atoms with Crippen LogP contribution in [0.15, 0.2) is 12.3 Å². The lowest BCUT2D eigenvalue weighted by Gasteiger charge is -2.33. The fraction of sp³-hybridized carbons (Fsp3) is 0.625. The van der Waals surface area contributed by atoms with Gasteiger partial charge in [-0.3, -0.25) is 4.79 Å². The first-order valence-electron chi connectivity index (χ1n) is 8.08. The van der Waals surface area contributed by atoms with E-state index in [0.29, 0.717) is 25.5 Å². The first-order chi connectivity index (χ1) is 11.3. The van der Waals surface area contributed by atoms with E-state index in [1.165, 1.54) is 0 Å². The molecule has 4 nitrogen and oxygen atoms in total. The molecule has 134 valence electrons. The van der Waals surface area contributed by atoms with E-state index >= 15 is 0 Å². The number of halogens is 4. The number of amides is 1. The van der Waals surface area contributed by atoms with Gasteiger partial charge < -0.3 is 10.2 Å². The summed E-state index contributed by atoms with van der Waals surface area (Å²) in [5.74, 6) is 0.0858. The molecule has 24 heavy (non-hydrogen) atoms. The van der Waals surface area contributed by atoms with Crippen LogP contribution in [-0.2, 0) is 11.0 Å². The van der Waals surface area contributed by atoms with Gasteiger partial charge in [-0.05, 0) is 25.3 Å². The molecule has 1 atom stereocenters. The zero-order valence-electron chi connectivity index (χ0n) is 13.5. The Hall–Kier alpha value is -1.50. The molecular formula is C16H21ClF3N3O. The Balaban J connectivity index is 2.05. The third kappa shape index (κ3) is 4.75. The summed E-state index contributed by atoms with van der Waals surface area (Å²) < 4.78 is 38.1. The molecule has 1 unspecified atom stereocenters. The molecule has 1 N–H and O–H groups in total. The maximum Gasteiger partial charge on any atom is 0.417 e. The molecule has 0 bridgehead atoms. The lowest BCUT2D eigenvalue weighted by Crippen LogP contribution is -2.43. The van der Waals surface area contributed by atoms with Gasteiger partial charge in [-0.1, -0.05) is 24.9 Å². The van der Waals surface area contributed by atoms with E-state index in [1.807, 2.05) is 6.92 Å². The molecular weight excluding hydrogens is 343 g/mol.